The van der Waals surface area contributed by atoms with Crippen molar-refractivity contribution >= 4 is 0 Å². The van der Waals surface area contributed by atoms with E-state index in [-0.39, 0.29) is 0 Å². The van der Waals surface area contributed by atoms with Gasteiger partial charge in [0.05, 0.1) is 6.07 Å². The molecule has 0 saturated carbocycles. The maximum absolute atomic E-state index is 8.44. The first-order valence-corrected chi connectivity index (χ1v) is 5.88. The lowest BCUT2D eigenvalue weighted by Gasteiger charge is -2.04. The zero-order chi connectivity index (χ0) is 10.5. The van der Waals surface area contributed by atoms with Crippen LogP contribution in [0.4, 0.5) is 0 Å². The number of hydrogen-bond donors (Lipinski definition) is 0. The van der Waals surface area contributed by atoms with Gasteiger partial charge in [-0.1, -0.05) is 18.2 Å². The predicted molar refractivity (Wildman–Crippen MR) is 61.6 cm³/mol. The fourth-order valence-corrected chi connectivity index (χ4v) is 2.31. The van der Waals surface area contributed by atoms with Crippen molar-refractivity contribution in [3.05, 3.63) is 34.9 Å². The smallest absolute Gasteiger partial charge is 0.0621 e. The van der Waals surface area contributed by atoms with Crippen LogP contribution in [0.2, 0.25) is 0 Å². The van der Waals surface area contributed by atoms with Crippen LogP contribution >= 0.6 is 0 Å². The fraction of sp³-hybridized carbons (Fsp3) is 0.500. The minimum atomic E-state index is 0.699. The minimum absolute atomic E-state index is 0.699. The van der Waals surface area contributed by atoms with Gasteiger partial charge in [0.2, 0.25) is 0 Å². The molecule has 1 nitrogen and oxygen atoms in total. The molecule has 0 radical (unpaired) electrons. The van der Waals surface area contributed by atoms with Crippen molar-refractivity contribution in [2.45, 2.75) is 44.9 Å². The number of nitrogens with zero attached hydrogens (tertiary/aromatic N) is 1. The molecule has 0 heterocycles. The van der Waals surface area contributed by atoms with Crippen molar-refractivity contribution in [3.8, 4) is 6.07 Å². The molecule has 0 bridgehead atoms. The standard InChI is InChI=1S/C14H17N/c15-10-3-1-2-5-12-8-9-13-6-4-7-14(13)11-12/h8-9,11H,1-7H2. The minimum Gasteiger partial charge on any atom is -0.198 e. The summed E-state index contributed by atoms with van der Waals surface area (Å²) in [6.45, 7) is 0. The Bertz CT molecular complexity index is 373. The van der Waals surface area contributed by atoms with Gasteiger partial charge in [-0.15, -0.1) is 0 Å². The predicted octanol–water partition coefficient (Wildman–Crippen LogP) is 3.41. The number of unbranched alkanes of at least 4 members (excludes halogenated alkanes) is 2. The summed E-state index contributed by atoms with van der Waals surface area (Å²) in [6.07, 6.45) is 7.87. The molecule has 0 saturated heterocycles. The Hall–Kier alpha value is -1.29. The Morgan fingerprint density at radius 3 is 2.87 bits per heavy atom. The Kier molecular flexibility index (Phi) is 3.40. The number of hydrogen-bond acceptors (Lipinski definition) is 1. The summed E-state index contributed by atoms with van der Waals surface area (Å²) < 4.78 is 0. The van der Waals surface area contributed by atoms with Gasteiger partial charge in [0.25, 0.3) is 0 Å². The zero-order valence-electron chi connectivity index (χ0n) is 9.13. The van der Waals surface area contributed by atoms with Crippen LogP contribution in [0, 0.1) is 11.3 Å². The van der Waals surface area contributed by atoms with E-state index >= 15 is 0 Å². The molecule has 1 aliphatic rings. The first kappa shape index (κ1) is 10.2. The maximum Gasteiger partial charge on any atom is 0.0621 e. The highest BCUT2D eigenvalue weighted by molar-refractivity contribution is 5.35. The molecule has 78 valence electrons. The van der Waals surface area contributed by atoms with Gasteiger partial charge in [-0.2, -0.15) is 5.26 Å². The molecule has 0 unspecified atom stereocenters. The van der Waals surface area contributed by atoms with Crippen molar-refractivity contribution in [1.29, 1.82) is 5.26 Å². The lowest BCUT2D eigenvalue weighted by molar-refractivity contribution is 0.752. The number of aryl methyl sites for hydroxylation is 3. The van der Waals surface area contributed by atoms with E-state index in [2.05, 4.69) is 24.3 Å². The van der Waals surface area contributed by atoms with E-state index in [1.165, 1.54) is 24.8 Å². The van der Waals surface area contributed by atoms with E-state index in [1.54, 1.807) is 11.1 Å². The van der Waals surface area contributed by atoms with Gasteiger partial charge >= 0.3 is 0 Å². The molecule has 0 amide bonds. The van der Waals surface area contributed by atoms with Gasteiger partial charge in [-0.25, -0.2) is 0 Å². The normalized spacial score (nSPS) is 13.5. The lowest BCUT2D eigenvalue weighted by Crippen LogP contribution is -1.89. The van der Waals surface area contributed by atoms with Crippen LogP contribution in [0.3, 0.4) is 0 Å². The van der Waals surface area contributed by atoms with E-state index in [0.717, 1.165) is 19.3 Å². The Morgan fingerprint density at radius 1 is 1.13 bits per heavy atom. The Morgan fingerprint density at radius 2 is 2.00 bits per heavy atom. The van der Waals surface area contributed by atoms with Crippen LogP contribution in [0.25, 0.3) is 0 Å². The highest BCUT2D eigenvalue weighted by atomic mass is 14.2. The summed E-state index contributed by atoms with van der Waals surface area (Å²) in [7, 11) is 0. The second-order valence-corrected chi connectivity index (χ2v) is 4.32. The summed E-state index contributed by atoms with van der Waals surface area (Å²) in [5.74, 6) is 0. The highest BCUT2D eigenvalue weighted by Gasteiger charge is 2.10. The van der Waals surface area contributed by atoms with Crippen molar-refractivity contribution in [3.63, 3.8) is 0 Å². The summed E-state index contributed by atoms with van der Waals surface area (Å²) in [5, 5.41) is 8.44. The molecule has 1 aliphatic carbocycles. The molecule has 1 heteroatoms. The molecule has 1 aromatic rings. The van der Waals surface area contributed by atoms with Crippen molar-refractivity contribution in [1.82, 2.24) is 0 Å². The van der Waals surface area contributed by atoms with Crippen LogP contribution in [0.15, 0.2) is 18.2 Å². The molecule has 0 spiro atoms. The van der Waals surface area contributed by atoms with Gasteiger partial charge in [0, 0.05) is 6.42 Å². The average Bonchev–Trinajstić information content (AvgIpc) is 2.71. The molecule has 1 aromatic carbocycles. The summed E-state index contributed by atoms with van der Waals surface area (Å²) in [6, 6.07) is 9.12. The second kappa shape index (κ2) is 4.98. The van der Waals surface area contributed by atoms with Crippen LogP contribution in [0.1, 0.15) is 42.4 Å². The summed E-state index contributed by atoms with van der Waals surface area (Å²) in [5.41, 5.74) is 4.57. The van der Waals surface area contributed by atoms with E-state index in [9.17, 15) is 0 Å². The average molecular weight is 199 g/mol. The number of nitriles is 1. The van der Waals surface area contributed by atoms with Gasteiger partial charge in [-0.3, -0.25) is 0 Å². The van der Waals surface area contributed by atoms with Crippen LogP contribution in [-0.4, -0.2) is 0 Å². The molecule has 15 heavy (non-hydrogen) atoms. The SMILES string of the molecule is N#CCCCCc1ccc2c(c1)CCC2. The Balaban J connectivity index is 1.90. The molecular weight excluding hydrogens is 182 g/mol. The number of fused-ring (bicyclic) bond motifs is 1. The molecule has 0 aromatic heterocycles. The van der Waals surface area contributed by atoms with E-state index < -0.39 is 0 Å². The molecule has 0 aliphatic heterocycles. The van der Waals surface area contributed by atoms with Crippen LogP contribution < -0.4 is 0 Å². The first-order valence-electron chi connectivity index (χ1n) is 5.88. The second-order valence-electron chi connectivity index (χ2n) is 4.32. The zero-order valence-corrected chi connectivity index (χ0v) is 9.13. The monoisotopic (exact) mass is 199 g/mol. The third-order valence-electron chi connectivity index (χ3n) is 3.17. The lowest BCUT2D eigenvalue weighted by atomic mass is 10.0. The fourth-order valence-electron chi connectivity index (χ4n) is 2.31. The van der Waals surface area contributed by atoms with Crippen LogP contribution in [0.5, 0.6) is 0 Å². The molecule has 0 atom stereocenters. The van der Waals surface area contributed by atoms with E-state index in [4.69, 9.17) is 5.26 Å². The van der Waals surface area contributed by atoms with Gasteiger partial charge in [0.15, 0.2) is 0 Å². The number of rotatable bonds is 4. The molecule has 0 fully saturated rings. The third-order valence-corrected chi connectivity index (χ3v) is 3.17. The molecular formula is C14H17N. The van der Waals surface area contributed by atoms with Crippen molar-refractivity contribution in [2.24, 2.45) is 0 Å². The maximum atomic E-state index is 8.44. The highest BCUT2D eigenvalue weighted by Crippen LogP contribution is 2.23. The summed E-state index contributed by atoms with van der Waals surface area (Å²) in [4.78, 5) is 0. The summed E-state index contributed by atoms with van der Waals surface area (Å²) >= 11 is 0. The number of benzene rings is 1. The largest absolute Gasteiger partial charge is 0.198 e. The van der Waals surface area contributed by atoms with Gasteiger partial charge < -0.3 is 0 Å². The quantitative estimate of drug-likeness (QED) is 0.682. The Labute approximate surface area is 91.7 Å². The van der Waals surface area contributed by atoms with E-state index in [1.807, 2.05) is 0 Å². The van der Waals surface area contributed by atoms with Gasteiger partial charge in [-0.05, 0) is 55.2 Å². The molecule has 2 rings (SSSR count). The van der Waals surface area contributed by atoms with Gasteiger partial charge in [0.1, 0.15) is 0 Å². The molecule has 0 N–H and O–H groups in total. The third kappa shape index (κ3) is 2.59. The van der Waals surface area contributed by atoms with Crippen molar-refractivity contribution in [2.75, 3.05) is 0 Å². The first-order chi connectivity index (χ1) is 7.40. The van der Waals surface area contributed by atoms with E-state index in [0.29, 0.717) is 6.42 Å². The van der Waals surface area contributed by atoms with Crippen molar-refractivity contribution < 1.29 is 0 Å². The van der Waals surface area contributed by atoms with Crippen LogP contribution in [-0.2, 0) is 19.3 Å². The topological polar surface area (TPSA) is 23.8 Å².